The Bertz CT molecular complexity index is 890. The number of hydrogen-bond donors (Lipinski definition) is 1. The number of hydrogen-bond acceptors (Lipinski definition) is 4. The third kappa shape index (κ3) is 3.30. The van der Waals surface area contributed by atoms with Gasteiger partial charge in [-0.15, -0.1) is 0 Å². The van der Waals surface area contributed by atoms with Gasteiger partial charge in [-0.25, -0.2) is 4.98 Å². The molecule has 6 heteroatoms. The van der Waals surface area contributed by atoms with Gasteiger partial charge in [0.15, 0.2) is 11.5 Å². The molecular formula is C19H20ClN3O2. The van der Waals surface area contributed by atoms with Gasteiger partial charge in [0.25, 0.3) is 0 Å². The summed E-state index contributed by atoms with van der Waals surface area (Å²) in [6.45, 7) is 2.52. The van der Waals surface area contributed by atoms with Crippen molar-refractivity contribution in [1.82, 2.24) is 9.55 Å². The Morgan fingerprint density at radius 1 is 1.08 bits per heavy atom. The van der Waals surface area contributed by atoms with Crippen molar-refractivity contribution in [1.29, 1.82) is 0 Å². The van der Waals surface area contributed by atoms with E-state index < -0.39 is 0 Å². The van der Waals surface area contributed by atoms with Crippen LogP contribution in [-0.4, -0.2) is 29.3 Å². The van der Waals surface area contributed by atoms with Crippen LogP contribution in [-0.2, 0) is 13.0 Å². The summed E-state index contributed by atoms with van der Waals surface area (Å²) >= 11 is 6.00. The predicted octanol–water partition coefficient (Wildman–Crippen LogP) is 3.40. The van der Waals surface area contributed by atoms with Gasteiger partial charge in [0.2, 0.25) is 0 Å². The van der Waals surface area contributed by atoms with Crippen LogP contribution in [0.1, 0.15) is 17.8 Å². The molecule has 2 N–H and O–H groups in total. The van der Waals surface area contributed by atoms with Crippen LogP contribution in [0.15, 0.2) is 36.4 Å². The molecule has 1 aromatic heterocycles. The van der Waals surface area contributed by atoms with Gasteiger partial charge < -0.3 is 19.8 Å². The first kappa shape index (κ1) is 16.2. The molecule has 0 bridgehead atoms. The molecule has 0 saturated carbocycles. The van der Waals surface area contributed by atoms with Crippen molar-refractivity contribution in [2.45, 2.75) is 19.4 Å². The number of fused-ring (bicyclic) bond motifs is 2. The quantitative estimate of drug-likeness (QED) is 0.760. The number of ether oxygens (including phenoxy) is 2. The zero-order valence-electron chi connectivity index (χ0n) is 13.9. The number of imidazole rings is 1. The molecule has 0 saturated heterocycles. The fourth-order valence-electron chi connectivity index (χ4n) is 3.11. The first-order valence-corrected chi connectivity index (χ1v) is 8.85. The molecule has 1 aliphatic rings. The summed E-state index contributed by atoms with van der Waals surface area (Å²) in [7, 11) is 0. The molecule has 2 aromatic carbocycles. The van der Waals surface area contributed by atoms with Crippen LogP contribution in [0.25, 0.3) is 11.0 Å². The monoisotopic (exact) mass is 357 g/mol. The molecule has 0 amide bonds. The number of aryl methyl sites for hydroxylation is 1. The summed E-state index contributed by atoms with van der Waals surface area (Å²) in [5.41, 5.74) is 8.84. The molecule has 0 spiro atoms. The molecule has 0 unspecified atom stereocenters. The molecule has 0 fully saturated rings. The normalized spacial score (nSPS) is 13.4. The second-order valence-corrected chi connectivity index (χ2v) is 6.55. The second kappa shape index (κ2) is 6.94. The first-order valence-electron chi connectivity index (χ1n) is 8.48. The largest absolute Gasteiger partial charge is 0.486 e. The predicted molar refractivity (Wildman–Crippen MR) is 98.7 cm³/mol. The van der Waals surface area contributed by atoms with Gasteiger partial charge in [-0.1, -0.05) is 23.7 Å². The van der Waals surface area contributed by atoms with Crippen molar-refractivity contribution in [3.05, 3.63) is 52.8 Å². The first-order chi connectivity index (χ1) is 12.2. The zero-order chi connectivity index (χ0) is 17.2. The Morgan fingerprint density at radius 3 is 2.52 bits per heavy atom. The van der Waals surface area contributed by atoms with Crippen molar-refractivity contribution in [2.75, 3.05) is 19.8 Å². The molecule has 0 atom stereocenters. The summed E-state index contributed by atoms with van der Waals surface area (Å²) < 4.78 is 13.7. The van der Waals surface area contributed by atoms with Crippen LogP contribution in [0.2, 0.25) is 5.02 Å². The van der Waals surface area contributed by atoms with Crippen molar-refractivity contribution < 1.29 is 9.47 Å². The Kier molecular flexibility index (Phi) is 4.51. The Balaban J connectivity index is 1.78. The van der Waals surface area contributed by atoms with Crippen molar-refractivity contribution in [3.63, 3.8) is 0 Å². The van der Waals surface area contributed by atoms with Crippen LogP contribution in [0, 0.1) is 0 Å². The van der Waals surface area contributed by atoms with E-state index in [0.29, 0.717) is 19.8 Å². The lowest BCUT2D eigenvalue weighted by Crippen LogP contribution is -2.15. The SMILES string of the molecule is NCCCc1nc2cc3c(cc2n1Cc1ccc(Cl)cc1)OCCO3. The van der Waals surface area contributed by atoms with E-state index in [4.69, 9.17) is 31.8 Å². The molecule has 0 aliphatic carbocycles. The van der Waals surface area contributed by atoms with E-state index >= 15 is 0 Å². The molecule has 25 heavy (non-hydrogen) atoms. The fraction of sp³-hybridized carbons (Fsp3) is 0.316. The average Bonchev–Trinajstić information content (AvgIpc) is 2.96. The minimum Gasteiger partial charge on any atom is -0.486 e. The maximum Gasteiger partial charge on any atom is 0.163 e. The molecule has 1 aliphatic heterocycles. The van der Waals surface area contributed by atoms with E-state index in [1.165, 1.54) is 5.56 Å². The maximum atomic E-state index is 6.00. The van der Waals surface area contributed by atoms with Crippen LogP contribution >= 0.6 is 11.6 Å². The van der Waals surface area contributed by atoms with Crippen LogP contribution in [0.3, 0.4) is 0 Å². The van der Waals surface area contributed by atoms with Crippen molar-refractivity contribution in [2.24, 2.45) is 5.73 Å². The highest BCUT2D eigenvalue weighted by molar-refractivity contribution is 6.30. The van der Waals surface area contributed by atoms with Crippen LogP contribution in [0.5, 0.6) is 11.5 Å². The van der Waals surface area contributed by atoms with Crippen LogP contribution < -0.4 is 15.2 Å². The summed E-state index contributed by atoms with van der Waals surface area (Å²) in [6, 6.07) is 11.9. The Morgan fingerprint density at radius 2 is 1.80 bits per heavy atom. The third-order valence-corrected chi connectivity index (χ3v) is 4.60. The van der Waals surface area contributed by atoms with Gasteiger partial charge >= 0.3 is 0 Å². The van der Waals surface area contributed by atoms with E-state index in [9.17, 15) is 0 Å². The molecular weight excluding hydrogens is 338 g/mol. The van der Waals surface area contributed by atoms with Crippen LogP contribution in [0.4, 0.5) is 0 Å². The minimum absolute atomic E-state index is 0.573. The number of benzene rings is 2. The highest BCUT2D eigenvalue weighted by Gasteiger charge is 2.18. The van der Waals surface area contributed by atoms with Gasteiger partial charge in [-0.2, -0.15) is 0 Å². The number of nitrogens with two attached hydrogens (primary N) is 1. The van der Waals surface area contributed by atoms with E-state index in [-0.39, 0.29) is 0 Å². The lowest BCUT2D eigenvalue weighted by molar-refractivity contribution is 0.172. The van der Waals surface area contributed by atoms with E-state index in [0.717, 1.165) is 52.8 Å². The molecule has 0 radical (unpaired) electrons. The van der Waals surface area contributed by atoms with Gasteiger partial charge in [-0.05, 0) is 30.7 Å². The summed E-state index contributed by atoms with van der Waals surface area (Å²) in [5, 5.41) is 0.738. The molecule has 130 valence electrons. The Hall–Kier alpha value is -2.24. The minimum atomic E-state index is 0.573. The lowest BCUT2D eigenvalue weighted by Gasteiger charge is -2.18. The Labute approximate surface area is 151 Å². The molecule has 4 rings (SSSR count). The van der Waals surface area contributed by atoms with E-state index in [1.807, 2.05) is 36.4 Å². The smallest absolute Gasteiger partial charge is 0.163 e. The number of halogens is 1. The van der Waals surface area contributed by atoms with E-state index in [1.54, 1.807) is 0 Å². The fourth-order valence-corrected chi connectivity index (χ4v) is 3.24. The van der Waals surface area contributed by atoms with Crippen molar-refractivity contribution in [3.8, 4) is 11.5 Å². The number of aromatic nitrogens is 2. The number of rotatable bonds is 5. The molecule has 5 nitrogen and oxygen atoms in total. The van der Waals surface area contributed by atoms with Gasteiger partial charge in [-0.3, -0.25) is 0 Å². The third-order valence-electron chi connectivity index (χ3n) is 4.35. The highest BCUT2D eigenvalue weighted by Crippen LogP contribution is 2.35. The van der Waals surface area contributed by atoms with Gasteiger partial charge in [0.1, 0.15) is 19.0 Å². The topological polar surface area (TPSA) is 62.3 Å². The van der Waals surface area contributed by atoms with Crippen molar-refractivity contribution >= 4 is 22.6 Å². The second-order valence-electron chi connectivity index (χ2n) is 6.12. The zero-order valence-corrected chi connectivity index (χ0v) is 14.6. The molecule has 2 heterocycles. The van der Waals surface area contributed by atoms with Gasteiger partial charge in [0.05, 0.1) is 11.0 Å². The average molecular weight is 358 g/mol. The maximum absolute atomic E-state index is 6.00. The summed E-state index contributed by atoms with van der Waals surface area (Å²) in [5.74, 6) is 2.57. The summed E-state index contributed by atoms with van der Waals surface area (Å²) in [6.07, 6.45) is 1.74. The van der Waals surface area contributed by atoms with E-state index in [2.05, 4.69) is 4.57 Å². The summed E-state index contributed by atoms with van der Waals surface area (Å²) in [4.78, 5) is 4.82. The standard InChI is InChI=1S/C19H20ClN3O2/c20-14-5-3-13(4-6-14)12-23-16-11-18-17(24-8-9-25-18)10-15(16)22-19(23)2-1-7-21/h3-6,10-11H,1-2,7-9,12,21H2. The van der Waals surface area contributed by atoms with Gasteiger partial charge in [0, 0.05) is 30.1 Å². The highest BCUT2D eigenvalue weighted by atomic mass is 35.5. The lowest BCUT2D eigenvalue weighted by atomic mass is 10.2. The number of nitrogens with zero attached hydrogens (tertiary/aromatic N) is 2. The molecule has 3 aromatic rings.